The van der Waals surface area contributed by atoms with Crippen molar-refractivity contribution in [1.82, 2.24) is 25.4 Å². The highest BCUT2D eigenvalue weighted by Crippen LogP contribution is 2.18. The largest absolute Gasteiger partial charge is 0.357 e. The van der Waals surface area contributed by atoms with Gasteiger partial charge in [-0.25, -0.2) is 0 Å². The third-order valence-electron chi connectivity index (χ3n) is 5.10. The molecule has 1 aliphatic carbocycles. The van der Waals surface area contributed by atoms with Crippen molar-refractivity contribution < 1.29 is 4.79 Å². The molecule has 2 aliphatic rings. The lowest BCUT2D eigenvalue weighted by molar-refractivity contribution is -0.122. The number of aromatic nitrogens is 1. The lowest BCUT2D eigenvalue weighted by Crippen LogP contribution is -2.54. The summed E-state index contributed by atoms with van der Waals surface area (Å²) in [7, 11) is 0. The predicted octanol–water partition coefficient (Wildman–Crippen LogP) is 0.794. The van der Waals surface area contributed by atoms with Crippen LogP contribution in [0.15, 0.2) is 23.5 Å². The Morgan fingerprint density at radius 2 is 2.07 bits per heavy atom. The van der Waals surface area contributed by atoms with Crippen molar-refractivity contribution in [2.24, 2.45) is 4.99 Å². The summed E-state index contributed by atoms with van der Waals surface area (Å²) in [6, 6.07) is 2.51. The number of aryl methyl sites for hydroxylation is 1. The molecule has 7 heteroatoms. The molecule has 0 aromatic carbocycles. The molecule has 0 radical (unpaired) electrons. The normalized spacial score (nSPS) is 18.4. The number of carbonyl (C=O) groups excluding carboxylic acids is 1. The Morgan fingerprint density at radius 3 is 2.74 bits per heavy atom. The van der Waals surface area contributed by atoms with Crippen LogP contribution < -0.4 is 10.6 Å². The van der Waals surface area contributed by atoms with E-state index < -0.39 is 0 Å². The highest BCUT2D eigenvalue weighted by molar-refractivity contribution is 5.80. The molecule has 1 aromatic heterocycles. The van der Waals surface area contributed by atoms with Gasteiger partial charge in [-0.15, -0.1) is 0 Å². The van der Waals surface area contributed by atoms with E-state index in [1.165, 1.54) is 11.1 Å². The number of hydrogen-bond acceptors (Lipinski definition) is 4. The molecule has 1 aromatic rings. The second kappa shape index (κ2) is 9.69. The Bertz CT molecular complexity index is 650. The first kappa shape index (κ1) is 19.6. The van der Waals surface area contributed by atoms with E-state index in [-0.39, 0.29) is 5.91 Å². The molecule has 1 saturated carbocycles. The van der Waals surface area contributed by atoms with E-state index in [0.717, 1.165) is 64.5 Å². The lowest BCUT2D eigenvalue weighted by atomic mass is 10.1. The number of carbonyl (C=O) groups is 1. The van der Waals surface area contributed by atoms with E-state index in [1.54, 1.807) is 0 Å². The molecule has 2 fully saturated rings. The van der Waals surface area contributed by atoms with Crippen LogP contribution in [0.5, 0.6) is 0 Å². The van der Waals surface area contributed by atoms with Crippen LogP contribution in [-0.2, 0) is 11.2 Å². The number of guanidine groups is 1. The summed E-state index contributed by atoms with van der Waals surface area (Å²) in [6.45, 7) is 9.91. The maximum absolute atomic E-state index is 12.0. The van der Waals surface area contributed by atoms with Crippen molar-refractivity contribution in [3.05, 3.63) is 29.6 Å². The molecule has 2 N–H and O–H groups in total. The van der Waals surface area contributed by atoms with Gasteiger partial charge in [0, 0.05) is 57.7 Å². The summed E-state index contributed by atoms with van der Waals surface area (Å²) in [4.78, 5) is 25.5. The van der Waals surface area contributed by atoms with Crippen molar-refractivity contribution in [2.45, 2.75) is 39.2 Å². The zero-order chi connectivity index (χ0) is 19.1. The van der Waals surface area contributed by atoms with Crippen molar-refractivity contribution >= 4 is 11.9 Å². The van der Waals surface area contributed by atoms with Crippen LogP contribution in [0.2, 0.25) is 0 Å². The minimum Gasteiger partial charge on any atom is -0.357 e. The molecule has 1 aliphatic heterocycles. The topological polar surface area (TPSA) is 72.9 Å². The third-order valence-corrected chi connectivity index (χ3v) is 5.10. The second-order valence-electron chi connectivity index (χ2n) is 7.39. The fraction of sp³-hybridized carbons (Fsp3) is 0.650. The Labute approximate surface area is 162 Å². The number of piperazine rings is 1. The van der Waals surface area contributed by atoms with Gasteiger partial charge in [0.1, 0.15) is 0 Å². The van der Waals surface area contributed by atoms with E-state index in [2.05, 4.69) is 45.3 Å². The van der Waals surface area contributed by atoms with Gasteiger partial charge < -0.3 is 15.5 Å². The summed E-state index contributed by atoms with van der Waals surface area (Å²) in [6.07, 6.45) is 6.95. The van der Waals surface area contributed by atoms with Crippen LogP contribution in [0.4, 0.5) is 0 Å². The quantitative estimate of drug-likeness (QED) is 0.547. The van der Waals surface area contributed by atoms with Gasteiger partial charge >= 0.3 is 0 Å². The first-order chi connectivity index (χ1) is 13.2. The zero-order valence-corrected chi connectivity index (χ0v) is 16.6. The number of nitrogens with zero attached hydrogens (tertiary/aromatic N) is 4. The van der Waals surface area contributed by atoms with Gasteiger partial charge in [0.2, 0.25) is 5.91 Å². The van der Waals surface area contributed by atoms with E-state index in [0.29, 0.717) is 12.6 Å². The van der Waals surface area contributed by atoms with Crippen LogP contribution >= 0.6 is 0 Å². The van der Waals surface area contributed by atoms with Crippen LogP contribution in [0.3, 0.4) is 0 Å². The summed E-state index contributed by atoms with van der Waals surface area (Å²) >= 11 is 0. The zero-order valence-electron chi connectivity index (χ0n) is 16.6. The van der Waals surface area contributed by atoms with E-state index in [9.17, 15) is 4.79 Å². The number of aliphatic imine (C=N–C) groups is 1. The fourth-order valence-corrected chi connectivity index (χ4v) is 3.31. The minimum atomic E-state index is 0.166. The second-order valence-corrected chi connectivity index (χ2v) is 7.39. The van der Waals surface area contributed by atoms with Crippen LogP contribution in [-0.4, -0.2) is 78.5 Å². The van der Waals surface area contributed by atoms with Crippen LogP contribution in [0.25, 0.3) is 0 Å². The van der Waals surface area contributed by atoms with Crippen molar-refractivity contribution in [1.29, 1.82) is 0 Å². The van der Waals surface area contributed by atoms with Gasteiger partial charge in [-0.3, -0.25) is 19.7 Å². The Kier molecular flexibility index (Phi) is 7.04. The van der Waals surface area contributed by atoms with Gasteiger partial charge in [0.25, 0.3) is 0 Å². The first-order valence-electron chi connectivity index (χ1n) is 10.1. The molecule has 0 unspecified atom stereocenters. The van der Waals surface area contributed by atoms with Crippen LogP contribution in [0.1, 0.15) is 30.9 Å². The SMILES string of the molecule is CCNC(=NCCc1ccncc1C)N1CCN(CC(=O)NC2CC2)CC1. The Hall–Kier alpha value is -2.15. The third kappa shape index (κ3) is 6.20. The van der Waals surface area contributed by atoms with Crippen molar-refractivity contribution in [2.75, 3.05) is 45.8 Å². The molecule has 27 heavy (non-hydrogen) atoms. The fourth-order valence-electron chi connectivity index (χ4n) is 3.31. The Morgan fingerprint density at radius 1 is 1.30 bits per heavy atom. The molecular formula is C20H32N6O. The highest BCUT2D eigenvalue weighted by atomic mass is 16.2. The van der Waals surface area contributed by atoms with Gasteiger partial charge in [-0.05, 0) is 50.3 Å². The molecule has 3 rings (SSSR count). The minimum absolute atomic E-state index is 0.166. The monoisotopic (exact) mass is 372 g/mol. The maximum atomic E-state index is 12.0. The molecule has 0 bridgehead atoms. The van der Waals surface area contributed by atoms with Crippen LogP contribution in [0, 0.1) is 6.92 Å². The average molecular weight is 373 g/mol. The van der Waals surface area contributed by atoms with E-state index in [4.69, 9.17) is 4.99 Å². The van der Waals surface area contributed by atoms with Crippen molar-refractivity contribution in [3.8, 4) is 0 Å². The first-order valence-corrected chi connectivity index (χ1v) is 10.1. The van der Waals surface area contributed by atoms with Gasteiger partial charge in [0.15, 0.2) is 5.96 Å². The molecule has 2 heterocycles. The van der Waals surface area contributed by atoms with Gasteiger partial charge in [-0.2, -0.15) is 0 Å². The Balaban J connectivity index is 1.46. The molecule has 148 valence electrons. The maximum Gasteiger partial charge on any atom is 0.234 e. The molecular weight excluding hydrogens is 340 g/mol. The molecule has 7 nitrogen and oxygen atoms in total. The summed E-state index contributed by atoms with van der Waals surface area (Å²) in [5.74, 6) is 1.14. The van der Waals surface area contributed by atoms with Gasteiger partial charge in [0.05, 0.1) is 6.54 Å². The van der Waals surface area contributed by atoms with Crippen molar-refractivity contribution in [3.63, 3.8) is 0 Å². The number of hydrogen-bond donors (Lipinski definition) is 2. The van der Waals surface area contributed by atoms with Gasteiger partial charge in [-0.1, -0.05) is 0 Å². The van der Waals surface area contributed by atoms with E-state index in [1.807, 2.05) is 12.4 Å². The molecule has 1 amide bonds. The average Bonchev–Trinajstić information content (AvgIpc) is 3.47. The lowest BCUT2D eigenvalue weighted by Gasteiger charge is -2.36. The number of rotatable bonds is 7. The summed E-state index contributed by atoms with van der Waals surface area (Å²) in [5, 5.41) is 6.48. The summed E-state index contributed by atoms with van der Waals surface area (Å²) < 4.78 is 0. The predicted molar refractivity (Wildman–Crippen MR) is 108 cm³/mol. The number of pyridine rings is 1. The number of amides is 1. The number of nitrogens with one attached hydrogen (secondary N) is 2. The standard InChI is InChI=1S/C20H32N6O/c1-3-22-20(23-9-7-17-6-8-21-14-16(17)2)26-12-10-25(11-13-26)15-19(27)24-18-4-5-18/h6,8,14,18H,3-5,7,9-13,15H2,1-2H3,(H,22,23)(H,24,27). The highest BCUT2D eigenvalue weighted by Gasteiger charge is 2.25. The summed E-state index contributed by atoms with van der Waals surface area (Å²) in [5.41, 5.74) is 2.52. The smallest absolute Gasteiger partial charge is 0.234 e. The molecule has 0 spiro atoms. The molecule has 0 atom stereocenters. The van der Waals surface area contributed by atoms with E-state index >= 15 is 0 Å². The molecule has 1 saturated heterocycles.